The number of H-pyrrole nitrogens is 1. The number of hydrogen-bond acceptors (Lipinski definition) is 1. The van der Waals surface area contributed by atoms with Crippen LogP contribution in [-0.4, -0.2) is 9.97 Å². The van der Waals surface area contributed by atoms with Crippen molar-refractivity contribution in [3.8, 4) is 0 Å². The highest BCUT2D eigenvalue weighted by Gasteiger charge is 2.04. The van der Waals surface area contributed by atoms with Crippen LogP contribution in [0.5, 0.6) is 0 Å². The lowest BCUT2D eigenvalue weighted by atomic mass is 10.0. The second-order valence-corrected chi connectivity index (χ2v) is 2.68. The summed E-state index contributed by atoms with van der Waals surface area (Å²) >= 11 is 0. The summed E-state index contributed by atoms with van der Waals surface area (Å²) in [5.41, 5.74) is 1.18. The van der Waals surface area contributed by atoms with Crippen LogP contribution in [-0.2, 0) is 0 Å². The van der Waals surface area contributed by atoms with Crippen LogP contribution in [0.25, 0.3) is 0 Å². The SMILES string of the molecule is CCCC(C)c1c[nH]cn1. The Morgan fingerprint density at radius 3 is 3.00 bits per heavy atom. The predicted octanol–water partition coefficient (Wildman–Crippen LogP) is 2.31. The molecule has 0 radical (unpaired) electrons. The second kappa shape index (κ2) is 3.40. The monoisotopic (exact) mass is 138 g/mol. The highest BCUT2D eigenvalue weighted by Crippen LogP contribution is 2.16. The van der Waals surface area contributed by atoms with E-state index in [2.05, 4.69) is 23.8 Å². The van der Waals surface area contributed by atoms with Crippen LogP contribution in [0.4, 0.5) is 0 Å². The van der Waals surface area contributed by atoms with Gasteiger partial charge in [-0.3, -0.25) is 0 Å². The number of hydrogen-bond donors (Lipinski definition) is 1. The van der Waals surface area contributed by atoms with Crippen LogP contribution < -0.4 is 0 Å². The van der Waals surface area contributed by atoms with Crippen LogP contribution in [0.2, 0.25) is 0 Å². The topological polar surface area (TPSA) is 28.7 Å². The molecule has 1 rings (SSSR count). The average molecular weight is 138 g/mol. The van der Waals surface area contributed by atoms with Crippen molar-refractivity contribution in [3.63, 3.8) is 0 Å². The van der Waals surface area contributed by atoms with E-state index < -0.39 is 0 Å². The summed E-state index contributed by atoms with van der Waals surface area (Å²) in [6.07, 6.45) is 6.17. The Morgan fingerprint density at radius 1 is 1.70 bits per heavy atom. The molecule has 1 N–H and O–H groups in total. The molecular formula is C8H14N2. The van der Waals surface area contributed by atoms with Gasteiger partial charge in [0.1, 0.15) is 0 Å². The molecule has 0 aliphatic carbocycles. The molecule has 0 saturated carbocycles. The Hall–Kier alpha value is -0.790. The van der Waals surface area contributed by atoms with E-state index in [9.17, 15) is 0 Å². The van der Waals surface area contributed by atoms with Gasteiger partial charge >= 0.3 is 0 Å². The van der Waals surface area contributed by atoms with Gasteiger partial charge in [0.2, 0.25) is 0 Å². The second-order valence-electron chi connectivity index (χ2n) is 2.68. The molecule has 0 aromatic carbocycles. The quantitative estimate of drug-likeness (QED) is 0.682. The molecule has 2 heteroatoms. The maximum atomic E-state index is 4.18. The first-order chi connectivity index (χ1) is 4.84. The van der Waals surface area contributed by atoms with Gasteiger partial charge in [0.15, 0.2) is 0 Å². The van der Waals surface area contributed by atoms with E-state index in [-0.39, 0.29) is 0 Å². The standard InChI is InChI=1S/C8H14N2/c1-3-4-7(2)8-5-9-6-10-8/h5-7H,3-4H2,1-2H3,(H,9,10). The fourth-order valence-electron chi connectivity index (χ4n) is 1.12. The molecular weight excluding hydrogens is 124 g/mol. The number of imidazole rings is 1. The smallest absolute Gasteiger partial charge is 0.0923 e. The summed E-state index contributed by atoms with van der Waals surface area (Å²) in [7, 11) is 0. The Kier molecular flexibility index (Phi) is 2.49. The number of aromatic nitrogens is 2. The molecule has 10 heavy (non-hydrogen) atoms. The van der Waals surface area contributed by atoms with Crippen LogP contribution in [0.1, 0.15) is 38.3 Å². The lowest BCUT2D eigenvalue weighted by Gasteiger charge is -2.04. The van der Waals surface area contributed by atoms with Gasteiger partial charge in [0.05, 0.1) is 12.0 Å². The van der Waals surface area contributed by atoms with Crippen LogP contribution in [0.3, 0.4) is 0 Å². The first-order valence-electron chi connectivity index (χ1n) is 3.83. The summed E-state index contributed by atoms with van der Waals surface area (Å²) in [6, 6.07) is 0. The molecule has 1 aromatic rings. The highest BCUT2D eigenvalue weighted by molar-refractivity contribution is 5.00. The van der Waals surface area contributed by atoms with Crippen molar-refractivity contribution in [2.75, 3.05) is 0 Å². The molecule has 1 heterocycles. The van der Waals surface area contributed by atoms with Gasteiger partial charge in [0, 0.05) is 6.20 Å². The molecule has 56 valence electrons. The van der Waals surface area contributed by atoms with Crippen molar-refractivity contribution in [3.05, 3.63) is 18.2 Å². The van der Waals surface area contributed by atoms with Crippen molar-refractivity contribution < 1.29 is 0 Å². The number of aromatic amines is 1. The Labute approximate surface area is 61.7 Å². The van der Waals surface area contributed by atoms with Crippen molar-refractivity contribution >= 4 is 0 Å². The number of nitrogens with zero attached hydrogens (tertiary/aromatic N) is 1. The van der Waals surface area contributed by atoms with E-state index >= 15 is 0 Å². The van der Waals surface area contributed by atoms with E-state index in [4.69, 9.17) is 0 Å². The lowest BCUT2D eigenvalue weighted by molar-refractivity contribution is 0.650. The summed E-state index contributed by atoms with van der Waals surface area (Å²) < 4.78 is 0. The van der Waals surface area contributed by atoms with Crippen LogP contribution in [0.15, 0.2) is 12.5 Å². The molecule has 2 nitrogen and oxygen atoms in total. The van der Waals surface area contributed by atoms with Crippen LogP contribution >= 0.6 is 0 Å². The van der Waals surface area contributed by atoms with Crippen molar-refractivity contribution in [1.82, 2.24) is 9.97 Å². The molecule has 1 unspecified atom stereocenters. The third-order valence-corrected chi connectivity index (χ3v) is 1.75. The minimum absolute atomic E-state index is 0.608. The molecule has 1 atom stereocenters. The van der Waals surface area contributed by atoms with E-state index in [0.717, 1.165) is 0 Å². The summed E-state index contributed by atoms with van der Waals surface area (Å²) in [4.78, 5) is 7.14. The van der Waals surface area contributed by atoms with Crippen LogP contribution in [0, 0.1) is 0 Å². The Bertz CT molecular complexity index is 167. The zero-order chi connectivity index (χ0) is 7.40. The van der Waals surface area contributed by atoms with Crippen molar-refractivity contribution in [2.45, 2.75) is 32.6 Å². The predicted molar refractivity (Wildman–Crippen MR) is 41.9 cm³/mol. The van der Waals surface area contributed by atoms with Gasteiger partial charge < -0.3 is 4.98 Å². The van der Waals surface area contributed by atoms with Gasteiger partial charge in [-0.15, -0.1) is 0 Å². The molecule has 0 saturated heterocycles. The molecule has 0 aliphatic rings. The fourth-order valence-corrected chi connectivity index (χ4v) is 1.12. The fraction of sp³-hybridized carbons (Fsp3) is 0.625. The van der Waals surface area contributed by atoms with E-state index in [1.54, 1.807) is 6.33 Å². The minimum Gasteiger partial charge on any atom is -0.351 e. The van der Waals surface area contributed by atoms with Gasteiger partial charge in [-0.05, 0) is 12.3 Å². The molecule has 0 aliphatic heterocycles. The molecule has 0 fully saturated rings. The Morgan fingerprint density at radius 2 is 2.50 bits per heavy atom. The Balaban J connectivity index is 2.50. The highest BCUT2D eigenvalue weighted by atomic mass is 14.9. The molecule has 1 aromatic heterocycles. The van der Waals surface area contributed by atoms with Crippen molar-refractivity contribution in [2.24, 2.45) is 0 Å². The molecule has 0 spiro atoms. The van der Waals surface area contributed by atoms with E-state index in [1.165, 1.54) is 18.5 Å². The normalized spacial score (nSPS) is 13.4. The third-order valence-electron chi connectivity index (χ3n) is 1.75. The zero-order valence-corrected chi connectivity index (χ0v) is 6.59. The maximum absolute atomic E-state index is 4.18. The first kappa shape index (κ1) is 7.32. The van der Waals surface area contributed by atoms with Gasteiger partial charge in [-0.25, -0.2) is 4.98 Å². The summed E-state index contributed by atoms with van der Waals surface area (Å²) in [5, 5.41) is 0. The maximum Gasteiger partial charge on any atom is 0.0923 e. The third kappa shape index (κ3) is 1.59. The van der Waals surface area contributed by atoms with E-state index in [1.807, 2.05) is 6.20 Å². The summed E-state index contributed by atoms with van der Waals surface area (Å²) in [6.45, 7) is 4.41. The van der Waals surface area contributed by atoms with Gasteiger partial charge in [0.25, 0.3) is 0 Å². The van der Waals surface area contributed by atoms with Gasteiger partial charge in [-0.1, -0.05) is 20.3 Å². The minimum atomic E-state index is 0.608. The molecule has 0 amide bonds. The first-order valence-corrected chi connectivity index (χ1v) is 3.83. The number of rotatable bonds is 3. The molecule has 0 bridgehead atoms. The van der Waals surface area contributed by atoms with E-state index in [0.29, 0.717) is 5.92 Å². The average Bonchev–Trinajstić information content (AvgIpc) is 2.38. The lowest BCUT2D eigenvalue weighted by Crippen LogP contribution is -1.91. The zero-order valence-electron chi connectivity index (χ0n) is 6.59. The summed E-state index contributed by atoms with van der Waals surface area (Å²) in [5.74, 6) is 0.608. The van der Waals surface area contributed by atoms with Crippen molar-refractivity contribution in [1.29, 1.82) is 0 Å². The van der Waals surface area contributed by atoms with Gasteiger partial charge in [-0.2, -0.15) is 0 Å². The number of nitrogens with one attached hydrogen (secondary N) is 1. The largest absolute Gasteiger partial charge is 0.351 e.